The van der Waals surface area contributed by atoms with Crippen LogP contribution >= 0.6 is 27.5 Å². The van der Waals surface area contributed by atoms with Crippen LogP contribution in [0.1, 0.15) is 13.8 Å². The number of rotatable bonds is 4. The maximum atomic E-state index is 9.12. The average molecular weight is 293 g/mol. The fourth-order valence-electron chi connectivity index (χ4n) is 1.02. The lowest BCUT2D eigenvalue weighted by Gasteiger charge is -2.23. The van der Waals surface area contributed by atoms with Gasteiger partial charge in [-0.25, -0.2) is 0 Å². The zero-order valence-corrected chi connectivity index (χ0v) is 11.2. The number of hydrogen-bond donors (Lipinski definition) is 2. The molecule has 0 aliphatic rings. The third-order valence-electron chi connectivity index (χ3n) is 2.11. The second kappa shape index (κ2) is 5.19. The van der Waals surface area contributed by atoms with Crippen molar-refractivity contribution in [2.24, 2.45) is 5.41 Å². The summed E-state index contributed by atoms with van der Waals surface area (Å²) in [5, 5.41) is 13.1. The van der Waals surface area contributed by atoms with E-state index >= 15 is 0 Å². The first-order chi connectivity index (χ1) is 6.94. The Morgan fingerprint density at radius 2 is 2.13 bits per heavy atom. The molecule has 15 heavy (non-hydrogen) atoms. The van der Waals surface area contributed by atoms with Gasteiger partial charge in [0.1, 0.15) is 0 Å². The van der Waals surface area contributed by atoms with Gasteiger partial charge in [0.25, 0.3) is 0 Å². The first-order valence-electron chi connectivity index (χ1n) is 4.74. The van der Waals surface area contributed by atoms with Crippen molar-refractivity contribution in [2.75, 3.05) is 18.5 Å². The van der Waals surface area contributed by atoms with Crippen molar-refractivity contribution in [3.8, 4) is 0 Å². The summed E-state index contributed by atoms with van der Waals surface area (Å²) in [4.78, 5) is 0. The number of nitrogens with one attached hydrogen (secondary N) is 1. The number of aliphatic hydroxyl groups excluding tert-OH is 1. The lowest BCUT2D eigenvalue weighted by atomic mass is 9.95. The van der Waals surface area contributed by atoms with Gasteiger partial charge in [0.2, 0.25) is 0 Å². The second-order valence-corrected chi connectivity index (χ2v) is 5.59. The molecule has 0 saturated heterocycles. The molecular formula is C11H15BrClNO. The minimum atomic E-state index is -0.137. The molecule has 0 aromatic heterocycles. The predicted octanol–water partition coefficient (Wildman–Crippen LogP) is 3.53. The van der Waals surface area contributed by atoms with Gasteiger partial charge in [0.15, 0.2) is 0 Å². The molecule has 1 rings (SSSR count). The summed E-state index contributed by atoms with van der Waals surface area (Å²) in [5.41, 5.74) is 0.811. The lowest BCUT2D eigenvalue weighted by Crippen LogP contribution is -2.26. The van der Waals surface area contributed by atoms with E-state index in [1.54, 1.807) is 0 Å². The Bertz CT molecular complexity index is 341. The fraction of sp³-hybridized carbons (Fsp3) is 0.455. The molecule has 0 unspecified atom stereocenters. The smallest absolute Gasteiger partial charge is 0.0499 e. The lowest BCUT2D eigenvalue weighted by molar-refractivity contribution is 0.171. The highest BCUT2D eigenvalue weighted by Gasteiger charge is 2.16. The van der Waals surface area contributed by atoms with Crippen molar-refractivity contribution in [2.45, 2.75) is 13.8 Å². The molecule has 2 N–H and O–H groups in total. The molecule has 84 valence electrons. The first kappa shape index (κ1) is 12.8. The third-order valence-corrected chi connectivity index (χ3v) is 3.04. The SMILES string of the molecule is CC(C)(CO)CNc1cc(Cl)ccc1Br. The number of benzene rings is 1. The highest BCUT2D eigenvalue weighted by Crippen LogP contribution is 2.27. The van der Waals surface area contributed by atoms with E-state index in [4.69, 9.17) is 16.7 Å². The average Bonchev–Trinajstić information content (AvgIpc) is 2.20. The first-order valence-corrected chi connectivity index (χ1v) is 5.91. The number of aliphatic hydroxyl groups is 1. The van der Waals surface area contributed by atoms with E-state index in [2.05, 4.69) is 21.2 Å². The summed E-state index contributed by atoms with van der Waals surface area (Å²) >= 11 is 9.33. The Balaban J connectivity index is 2.69. The quantitative estimate of drug-likeness (QED) is 0.890. The minimum Gasteiger partial charge on any atom is -0.396 e. The molecule has 0 radical (unpaired) electrons. The monoisotopic (exact) mass is 291 g/mol. The Kier molecular flexibility index (Phi) is 4.44. The molecule has 0 atom stereocenters. The van der Waals surface area contributed by atoms with Crippen molar-refractivity contribution in [1.29, 1.82) is 0 Å². The van der Waals surface area contributed by atoms with Gasteiger partial charge < -0.3 is 10.4 Å². The van der Waals surface area contributed by atoms with Crippen molar-refractivity contribution in [1.82, 2.24) is 0 Å². The van der Waals surface area contributed by atoms with Crippen LogP contribution < -0.4 is 5.32 Å². The summed E-state index contributed by atoms with van der Waals surface area (Å²) in [5.74, 6) is 0. The van der Waals surface area contributed by atoms with Gasteiger partial charge in [0.05, 0.1) is 0 Å². The summed E-state index contributed by atoms with van der Waals surface area (Å²) < 4.78 is 0.973. The molecule has 1 aromatic carbocycles. The summed E-state index contributed by atoms with van der Waals surface area (Å²) in [6, 6.07) is 5.59. The van der Waals surface area contributed by atoms with Crippen molar-refractivity contribution < 1.29 is 5.11 Å². The highest BCUT2D eigenvalue weighted by molar-refractivity contribution is 9.10. The molecule has 0 aliphatic heterocycles. The van der Waals surface area contributed by atoms with Crippen LogP contribution in [0.4, 0.5) is 5.69 Å². The number of hydrogen-bond acceptors (Lipinski definition) is 2. The normalized spacial score (nSPS) is 11.5. The van der Waals surface area contributed by atoms with Crippen molar-refractivity contribution in [3.05, 3.63) is 27.7 Å². The third kappa shape index (κ3) is 4.01. The summed E-state index contributed by atoms with van der Waals surface area (Å²) in [7, 11) is 0. The van der Waals surface area contributed by atoms with Crippen LogP contribution in [0, 0.1) is 5.41 Å². The molecule has 0 bridgehead atoms. The second-order valence-electron chi connectivity index (χ2n) is 4.30. The zero-order valence-electron chi connectivity index (χ0n) is 8.85. The van der Waals surface area contributed by atoms with Crippen LogP contribution in [0.25, 0.3) is 0 Å². The molecule has 0 heterocycles. The van der Waals surface area contributed by atoms with Gasteiger partial charge in [-0.1, -0.05) is 25.4 Å². The molecule has 0 saturated carbocycles. The molecule has 0 fully saturated rings. The largest absolute Gasteiger partial charge is 0.396 e. The van der Waals surface area contributed by atoms with Gasteiger partial charge in [-0.05, 0) is 34.1 Å². The maximum absolute atomic E-state index is 9.12. The van der Waals surface area contributed by atoms with E-state index in [1.165, 1.54) is 0 Å². The van der Waals surface area contributed by atoms with Crippen LogP contribution in [0.5, 0.6) is 0 Å². The van der Waals surface area contributed by atoms with Crippen LogP contribution in [-0.2, 0) is 0 Å². The van der Waals surface area contributed by atoms with Crippen molar-refractivity contribution in [3.63, 3.8) is 0 Å². The molecule has 4 heteroatoms. The van der Waals surface area contributed by atoms with Gasteiger partial charge in [-0.2, -0.15) is 0 Å². The van der Waals surface area contributed by atoms with Gasteiger partial charge >= 0.3 is 0 Å². The van der Waals surface area contributed by atoms with Crippen LogP contribution in [0.15, 0.2) is 22.7 Å². The van der Waals surface area contributed by atoms with E-state index < -0.39 is 0 Å². The Labute approximate surface area is 104 Å². The van der Waals surface area contributed by atoms with E-state index in [0.29, 0.717) is 11.6 Å². The van der Waals surface area contributed by atoms with Crippen LogP contribution in [0.3, 0.4) is 0 Å². The van der Waals surface area contributed by atoms with E-state index in [1.807, 2.05) is 32.0 Å². The van der Waals surface area contributed by atoms with Gasteiger partial charge in [-0.3, -0.25) is 0 Å². The summed E-state index contributed by atoms with van der Waals surface area (Å²) in [6.45, 7) is 4.84. The number of halogens is 2. The Morgan fingerprint density at radius 1 is 1.47 bits per heavy atom. The van der Waals surface area contributed by atoms with Crippen LogP contribution in [0.2, 0.25) is 5.02 Å². The molecule has 0 spiro atoms. The Morgan fingerprint density at radius 3 is 2.73 bits per heavy atom. The number of anilines is 1. The van der Waals surface area contributed by atoms with E-state index in [-0.39, 0.29) is 12.0 Å². The fourth-order valence-corrected chi connectivity index (χ4v) is 1.58. The van der Waals surface area contributed by atoms with Gasteiger partial charge in [0, 0.05) is 33.7 Å². The summed E-state index contributed by atoms with van der Waals surface area (Å²) in [6.07, 6.45) is 0. The van der Waals surface area contributed by atoms with E-state index in [9.17, 15) is 0 Å². The maximum Gasteiger partial charge on any atom is 0.0499 e. The minimum absolute atomic E-state index is 0.137. The Hall–Kier alpha value is -0.250. The topological polar surface area (TPSA) is 32.3 Å². The van der Waals surface area contributed by atoms with Crippen LogP contribution in [-0.4, -0.2) is 18.3 Å². The molecule has 2 nitrogen and oxygen atoms in total. The molecule has 0 aliphatic carbocycles. The highest BCUT2D eigenvalue weighted by atomic mass is 79.9. The van der Waals surface area contributed by atoms with E-state index in [0.717, 1.165) is 10.2 Å². The van der Waals surface area contributed by atoms with Crippen molar-refractivity contribution >= 4 is 33.2 Å². The van der Waals surface area contributed by atoms with Gasteiger partial charge in [-0.15, -0.1) is 0 Å². The standard InChI is InChI=1S/C11H15BrClNO/c1-11(2,7-15)6-14-10-5-8(13)3-4-9(10)12/h3-5,14-15H,6-7H2,1-2H3. The molecular weight excluding hydrogens is 277 g/mol. The predicted molar refractivity (Wildman–Crippen MR) is 68.5 cm³/mol. The molecule has 1 aromatic rings. The zero-order chi connectivity index (χ0) is 11.5. The molecule has 0 amide bonds.